The second-order valence-corrected chi connectivity index (χ2v) is 6.24. The minimum atomic E-state index is -5.08. The second-order valence-electron chi connectivity index (χ2n) is 5.29. The molecule has 0 spiro atoms. The van der Waals surface area contributed by atoms with Gasteiger partial charge in [0.1, 0.15) is 11.4 Å². The summed E-state index contributed by atoms with van der Waals surface area (Å²) in [4.78, 5) is 18.6. The highest BCUT2D eigenvalue weighted by Crippen LogP contribution is 2.25. The number of alkyl halides is 3. The number of nitrogens with one attached hydrogen (secondary N) is 1. The number of halogens is 3. The first kappa shape index (κ1) is 21.0. The van der Waals surface area contributed by atoms with Gasteiger partial charge in [-0.25, -0.2) is 14.8 Å². The van der Waals surface area contributed by atoms with E-state index >= 15 is 0 Å². The number of carboxylic acids is 1. The number of aliphatic carboxylic acids is 1. The Hall–Kier alpha value is -3.34. The third-order valence-corrected chi connectivity index (χ3v) is 4.11. The Labute approximate surface area is 161 Å². The summed E-state index contributed by atoms with van der Waals surface area (Å²) < 4.78 is 31.7. The van der Waals surface area contributed by atoms with E-state index in [1.165, 1.54) is 0 Å². The molecule has 5 N–H and O–H groups in total. The molecule has 28 heavy (non-hydrogen) atoms. The minimum absolute atomic E-state index is 0.248. The molecule has 2 heterocycles. The molecule has 7 nitrogen and oxygen atoms in total. The van der Waals surface area contributed by atoms with Gasteiger partial charge in [0.2, 0.25) is 0 Å². The third kappa shape index (κ3) is 6.13. The molecule has 0 unspecified atom stereocenters. The Balaban J connectivity index is 0.000000345. The van der Waals surface area contributed by atoms with E-state index in [9.17, 15) is 18.3 Å². The monoisotopic (exact) mass is 412 g/mol. The maximum absolute atomic E-state index is 10.6. The van der Waals surface area contributed by atoms with Gasteiger partial charge in [-0.2, -0.15) is 13.2 Å². The van der Waals surface area contributed by atoms with Crippen LogP contribution in [-0.2, 0) is 11.3 Å². The molecule has 11 heteroatoms. The smallest absolute Gasteiger partial charge is 0.490 e. The van der Waals surface area contributed by atoms with E-state index in [4.69, 9.17) is 15.6 Å². The number of phenolic OH excluding ortho intramolecular Hbond substituents is 1. The molecule has 0 aliphatic rings. The topological polar surface area (TPSA) is 121 Å². The molecular formula is C17H15F3N4O3S. The van der Waals surface area contributed by atoms with Crippen LogP contribution in [0.5, 0.6) is 5.75 Å². The van der Waals surface area contributed by atoms with Gasteiger partial charge >= 0.3 is 12.1 Å². The summed E-state index contributed by atoms with van der Waals surface area (Å²) in [5, 5.41) is 21.6. The molecule has 0 saturated heterocycles. The van der Waals surface area contributed by atoms with Gasteiger partial charge in [0.15, 0.2) is 11.6 Å². The molecule has 0 radical (unpaired) electrons. The maximum Gasteiger partial charge on any atom is 0.490 e. The van der Waals surface area contributed by atoms with E-state index < -0.39 is 12.1 Å². The lowest BCUT2D eigenvalue weighted by atomic mass is 10.2. The molecule has 148 valence electrons. The molecule has 2 aromatic heterocycles. The van der Waals surface area contributed by atoms with Gasteiger partial charge in [-0.05, 0) is 29.1 Å². The molecule has 0 bridgehead atoms. The van der Waals surface area contributed by atoms with Gasteiger partial charge in [0.25, 0.3) is 0 Å². The minimum Gasteiger partial charge on any atom is -0.508 e. The first-order valence-electron chi connectivity index (χ1n) is 7.65. The van der Waals surface area contributed by atoms with Crippen LogP contribution in [0.3, 0.4) is 0 Å². The molecule has 0 aliphatic carbocycles. The lowest BCUT2D eigenvalue weighted by Gasteiger charge is -2.09. The number of carbonyl (C=O) groups is 1. The number of aromatic nitrogens is 2. The van der Waals surface area contributed by atoms with Gasteiger partial charge < -0.3 is 21.3 Å². The number of carboxylic acid groups (broad SMARTS) is 1. The number of nitrogens with zero attached hydrogens (tertiary/aromatic N) is 2. The SMILES string of the molecule is Nc1ncc(-c2cccs2)nc1NCc1ccc(O)cc1.O=C(O)C(F)(F)F. The molecule has 3 aromatic rings. The van der Waals surface area contributed by atoms with Crippen LogP contribution >= 0.6 is 11.3 Å². The van der Waals surface area contributed by atoms with Crippen molar-refractivity contribution in [1.82, 2.24) is 9.97 Å². The normalized spacial score (nSPS) is 10.7. The molecule has 0 fully saturated rings. The number of hydrogen-bond acceptors (Lipinski definition) is 7. The molecule has 3 rings (SSSR count). The summed E-state index contributed by atoms with van der Waals surface area (Å²) >= 11 is 1.61. The fourth-order valence-corrected chi connectivity index (χ4v) is 2.55. The lowest BCUT2D eigenvalue weighted by Crippen LogP contribution is -2.21. The first-order chi connectivity index (χ1) is 13.2. The Kier molecular flexibility index (Phi) is 6.77. The van der Waals surface area contributed by atoms with Crippen LogP contribution < -0.4 is 11.1 Å². The van der Waals surface area contributed by atoms with Gasteiger partial charge in [-0.15, -0.1) is 11.3 Å². The molecular weight excluding hydrogens is 397 g/mol. The highest BCUT2D eigenvalue weighted by molar-refractivity contribution is 7.13. The van der Waals surface area contributed by atoms with Crippen molar-refractivity contribution in [2.45, 2.75) is 12.7 Å². The average Bonchev–Trinajstić information content (AvgIpc) is 3.17. The highest BCUT2D eigenvalue weighted by atomic mass is 32.1. The lowest BCUT2D eigenvalue weighted by molar-refractivity contribution is -0.192. The van der Waals surface area contributed by atoms with Crippen LogP contribution in [0.2, 0.25) is 0 Å². The van der Waals surface area contributed by atoms with Crippen molar-refractivity contribution in [2.75, 3.05) is 11.1 Å². The van der Waals surface area contributed by atoms with Gasteiger partial charge in [0, 0.05) is 6.54 Å². The predicted octanol–water partition coefficient (Wildman–Crippen LogP) is 3.74. The quantitative estimate of drug-likeness (QED) is 0.515. The van der Waals surface area contributed by atoms with E-state index in [1.54, 1.807) is 29.7 Å². The number of phenols is 1. The van der Waals surface area contributed by atoms with E-state index in [-0.39, 0.29) is 5.75 Å². The average molecular weight is 412 g/mol. The molecule has 0 aliphatic heterocycles. The Morgan fingerprint density at radius 1 is 1.21 bits per heavy atom. The largest absolute Gasteiger partial charge is 0.508 e. The third-order valence-electron chi connectivity index (χ3n) is 3.21. The maximum atomic E-state index is 10.6. The Morgan fingerprint density at radius 2 is 1.86 bits per heavy atom. The summed E-state index contributed by atoms with van der Waals surface area (Å²) in [7, 11) is 0. The highest BCUT2D eigenvalue weighted by Gasteiger charge is 2.38. The van der Waals surface area contributed by atoms with Crippen molar-refractivity contribution in [3.63, 3.8) is 0 Å². The molecule has 0 atom stereocenters. The molecule has 1 aromatic carbocycles. The summed E-state index contributed by atoms with van der Waals surface area (Å²) in [5.74, 6) is -1.58. The first-order valence-corrected chi connectivity index (χ1v) is 8.53. The van der Waals surface area contributed by atoms with Gasteiger partial charge in [-0.3, -0.25) is 0 Å². The van der Waals surface area contributed by atoms with Crippen LogP contribution in [0.15, 0.2) is 48.0 Å². The van der Waals surface area contributed by atoms with Crippen molar-refractivity contribution in [3.8, 4) is 16.3 Å². The van der Waals surface area contributed by atoms with Crippen molar-refractivity contribution in [1.29, 1.82) is 0 Å². The predicted molar refractivity (Wildman–Crippen MR) is 98.9 cm³/mol. The number of aromatic hydroxyl groups is 1. The second kappa shape index (κ2) is 9.04. The van der Waals surface area contributed by atoms with E-state index in [0.29, 0.717) is 18.2 Å². The van der Waals surface area contributed by atoms with Crippen molar-refractivity contribution in [2.24, 2.45) is 0 Å². The van der Waals surface area contributed by atoms with Crippen LogP contribution in [-0.4, -0.2) is 32.3 Å². The standard InChI is InChI=1S/C15H14N4OS.C2HF3O2/c16-14-15(18-8-10-3-5-11(20)6-4-10)19-12(9-17-14)13-2-1-7-21-13;3-2(4,5)1(6)7/h1-7,9,20H,8H2,(H2,16,17)(H,18,19);(H,6,7). The van der Waals surface area contributed by atoms with Gasteiger partial charge in [-0.1, -0.05) is 18.2 Å². The zero-order valence-corrected chi connectivity index (χ0v) is 15.0. The summed E-state index contributed by atoms with van der Waals surface area (Å²) in [6, 6.07) is 10.9. The fraction of sp³-hybridized carbons (Fsp3) is 0.118. The van der Waals surface area contributed by atoms with Crippen molar-refractivity contribution >= 4 is 28.9 Å². The summed E-state index contributed by atoms with van der Waals surface area (Å²) in [6.45, 7) is 0.563. The van der Waals surface area contributed by atoms with Crippen LogP contribution in [0.4, 0.5) is 24.8 Å². The van der Waals surface area contributed by atoms with Crippen molar-refractivity contribution < 1.29 is 28.2 Å². The zero-order valence-electron chi connectivity index (χ0n) is 14.1. The fourth-order valence-electron chi connectivity index (χ4n) is 1.87. The zero-order chi connectivity index (χ0) is 20.7. The number of anilines is 2. The number of nitrogens with two attached hydrogens (primary N) is 1. The molecule has 0 saturated carbocycles. The number of hydrogen-bond donors (Lipinski definition) is 4. The Morgan fingerprint density at radius 3 is 2.39 bits per heavy atom. The van der Waals surface area contributed by atoms with E-state index in [1.807, 2.05) is 29.6 Å². The number of rotatable bonds is 4. The summed E-state index contributed by atoms with van der Waals surface area (Å²) in [5.41, 5.74) is 7.68. The van der Waals surface area contributed by atoms with E-state index in [0.717, 1.165) is 16.1 Å². The van der Waals surface area contributed by atoms with Crippen LogP contribution in [0, 0.1) is 0 Å². The number of nitrogen functional groups attached to an aromatic ring is 1. The summed E-state index contributed by atoms with van der Waals surface area (Å²) in [6.07, 6.45) is -3.41. The van der Waals surface area contributed by atoms with Crippen molar-refractivity contribution in [3.05, 3.63) is 53.5 Å². The van der Waals surface area contributed by atoms with Crippen LogP contribution in [0.25, 0.3) is 10.6 Å². The number of thiophene rings is 1. The van der Waals surface area contributed by atoms with E-state index in [2.05, 4.69) is 15.3 Å². The van der Waals surface area contributed by atoms with Gasteiger partial charge in [0.05, 0.1) is 11.1 Å². The molecule has 0 amide bonds. The Bertz CT molecular complexity index is 916. The van der Waals surface area contributed by atoms with Crippen LogP contribution in [0.1, 0.15) is 5.56 Å². The number of benzene rings is 1.